The third kappa shape index (κ3) is 4.01. The van der Waals surface area contributed by atoms with Crippen molar-refractivity contribution in [2.45, 2.75) is 18.9 Å². The van der Waals surface area contributed by atoms with E-state index in [2.05, 4.69) is 15.0 Å². The average Bonchev–Trinajstić information content (AvgIpc) is 3.15. The van der Waals surface area contributed by atoms with Gasteiger partial charge in [0.05, 0.1) is 23.0 Å². The molecule has 1 aliphatic heterocycles. The third-order valence-electron chi connectivity index (χ3n) is 6.41. The van der Waals surface area contributed by atoms with Gasteiger partial charge < -0.3 is 10.2 Å². The summed E-state index contributed by atoms with van der Waals surface area (Å²) in [6, 6.07) is 17.9. The van der Waals surface area contributed by atoms with Gasteiger partial charge >= 0.3 is 0 Å². The molecule has 5 rings (SSSR count). The second kappa shape index (κ2) is 9.23. The first-order valence-corrected chi connectivity index (χ1v) is 11.4. The van der Waals surface area contributed by atoms with Crippen LogP contribution in [0.3, 0.4) is 0 Å². The molecule has 1 fully saturated rings. The lowest BCUT2D eigenvalue weighted by Crippen LogP contribution is -2.33. The van der Waals surface area contributed by atoms with E-state index in [9.17, 15) is 9.18 Å². The van der Waals surface area contributed by atoms with Crippen molar-refractivity contribution in [3.05, 3.63) is 83.0 Å². The van der Waals surface area contributed by atoms with E-state index >= 15 is 0 Å². The van der Waals surface area contributed by atoms with Gasteiger partial charge in [-0.05, 0) is 61.8 Å². The number of nitrogens with zero attached hydrogens (tertiary/aromatic N) is 5. The zero-order valence-corrected chi connectivity index (χ0v) is 19.3. The number of hydrogen-bond donors (Lipinski definition) is 1. The summed E-state index contributed by atoms with van der Waals surface area (Å²) in [6.07, 6.45) is 3.52. The van der Waals surface area contributed by atoms with Crippen molar-refractivity contribution in [1.29, 1.82) is 0 Å². The van der Waals surface area contributed by atoms with Gasteiger partial charge in [-0.2, -0.15) is 0 Å². The Morgan fingerprint density at radius 3 is 2.44 bits per heavy atom. The Hall–Kier alpha value is -3.78. The van der Waals surface area contributed by atoms with Crippen LogP contribution in [-0.4, -0.2) is 39.5 Å². The summed E-state index contributed by atoms with van der Waals surface area (Å²) >= 11 is 0. The number of para-hydroxylation sites is 1. The van der Waals surface area contributed by atoms with Gasteiger partial charge in [-0.3, -0.25) is 14.2 Å². The van der Waals surface area contributed by atoms with E-state index in [0.717, 1.165) is 37.3 Å². The molecule has 3 heterocycles. The fourth-order valence-electron chi connectivity index (χ4n) is 4.64. The van der Waals surface area contributed by atoms with Crippen LogP contribution in [0.2, 0.25) is 0 Å². The molecule has 0 aliphatic carbocycles. The topological polar surface area (TPSA) is 68.0 Å². The van der Waals surface area contributed by atoms with Crippen LogP contribution in [0.5, 0.6) is 0 Å². The smallest absolute Gasteiger partial charge is 0.274 e. The molecule has 0 amide bonds. The van der Waals surface area contributed by atoms with E-state index in [0.29, 0.717) is 22.8 Å². The van der Waals surface area contributed by atoms with E-state index in [-0.39, 0.29) is 17.4 Å². The molecular weight excluding hydrogens is 431 g/mol. The number of benzene rings is 2. The van der Waals surface area contributed by atoms with Crippen molar-refractivity contribution in [3.8, 4) is 22.5 Å². The van der Waals surface area contributed by atoms with Gasteiger partial charge in [0, 0.05) is 26.0 Å². The normalized spacial score (nSPS) is 14.3. The van der Waals surface area contributed by atoms with Gasteiger partial charge in [-0.1, -0.05) is 30.3 Å². The first-order chi connectivity index (χ1) is 16.5. The van der Waals surface area contributed by atoms with Crippen molar-refractivity contribution in [3.63, 3.8) is 0 Å². The van der Waals surface area contributed by atoms with E-state index in [1.165, 1.54) is 12.1 Å². The molecule has 0 unspecified atom stereocenters. The Bertz CT molecular complexity index is 1340. The highest BCUT2D eigenvalue weighted by molar-refractivity contribution is 5.80. The fourth-order valence-corrected chi connectivity index (χ4v) is 4.64. The van der Waals surface area contributed by atoms with Crippen LogP contribution < -0.4 is 15.8 Å². The second-order valence-electron chi connectivity index (χ2n) is 8.52. The molecule has 0 saturated carbocycles. The van der Waals surface area contributed by atoms with Crippen LogP contribution in [0, 0.1) is 5.82 Å². The standard InChI is InChI=1S/C26H27FN6O/c1-31(20-6-4-3-5-7-20)26-29-17-14-22(30-26)24-23(18-8-10-19(27)11-9-18)25(34)32(2)33(24)21-12-15-28-16-13-21/h3-11,14,17,21,28H,12-13,15-16H2,1-2H3. The zero-order chi connectivity index (χ0) is 23.7. The molecule has 0 bridgehead atoms. The predicted octanol–water partition coefficient (Wildman–Crippen LogP) is 4.14. The van der Waals surface area contributed by atoms with Crippen LogP contribution in [0.4, 0.5) is 16.0 Å². The Labute approximate surface area is 197 Å². The molecule has 1 saturated heterocycles. The maximum Gasteiger partial charge on any atom is 0.274 e. The maximum absolute atomic E-state index is 13.7. The summed E-state index contributed by atoms with van der Waals surface area (Å²) in [5, 5.41) is 3.39. The number of hydrogen-bond acceptors (Lipinski definition) is 5. The number of halogens is 1. The summed E-state index contributed by atoms with van der Waals surface area (Å²) < 4.78 is 17.4. The molecule has 8 heteroatoms. The Morgan fingerprint density at radius 1 is 1.03 bits per heavy atom. The molecule has 1 N–H and O–H groups in total. The molecule has 4 aromatic rings. The monoisotopic (exact) mass is 458 g/mol. The summed E-state index contributed by atoms with van der Waals surface area (Å²) in [5.41, 5.74) is 3.41. The van der Waals surface area contributed by atoms with E-state index in [4.69, 9.17) is 4.98 Å². The minimum Gasteiger partial charge on any atom is -0.317 e. The Kier molecular flexibility index (Phi) is 5.98. The van der Waals surface area contributed by atoms with Gasteiger partial charge in [-0.15, -0.1) is 0 Å². The number of anilines is 2. The van der Waals surface area contributed by atoms with Gasteiger partial charge in [0.15, 0.2) is 0 Å². The minimum atomic E-state index is -0.339. The lowest BCUT2D eigenvalue weighted by atomic mass is 10.0. The molecule has 0 radical (unpaired) electrons. The third-order valence-corrected chi connectivity index (χ3v) is 6.41. The highest BCUT2D eigenvalue weighted by Gasteiger charge is 2.28. The lowest BCUT2D eigenvalue weighted by molar-refractivity contribution is 0.313. The lowest BCUT2D eigenvalue weighted by Gasteiger charge is -2.27. The molecule has 7 nitrogen and oxygen atoms in total. The average molecular weight is 459 g/mol. The van der Waals surface area contributed by atoms with Crippen LogP contribution >= 0.6 is 0 Å². The molecule has 0 spiro atoms. The maximum atomic E-state index is 13.7. The molecule has 1 aliphatic rings. The van der Waals surface area contributed by atoms with Crippen molar-refractivity contribution >= 4 is 11.6 Å². The highest BCUT2D eigenvalue weighted by Crippen LogP contribution is 2.34. The van der Waals surface area contributed by atoms with Gasteiger partial charge in [-0.25, -0.2) is 14.4 Å². The molecule has 174 valence electrons. The van der Waals surface area contributed by atoms with E-state index < -0.39 is 0 Å². The fraction of sp³-hybridized carbons (Fsp3) is 0.269. The molecule has 34 heavy (non-hydrogen) atoms. The SMILES string of the molecule is CN(c1ccccc1)c1nccc(-c2c(-c3ccc(F)cc3)c(=O)n(C)n2C2CCNCC2)n1. The van der Waals surface area contributed by atoms with Crippen LogP contribution in [-0.2, 0) is 7.05 Å². The van der Waals surface area contributed by atoms with Crippen molar-refractivity contribution < 1.29 is 4.39 Å². The van der Waals surface area contributed by atoms with Crippen LogP contribution in [0.1, 0.15) is 18.9 Å². The first-order valence-electron chi connectivity index (χ1n) is 11.4. The number of aromatic nitrogens is 4. The zero-order valence-electron chi connectivity index (χ0n) is 19.3. The van der Waals surface area contributed by atoms with Gasteiger partial charge in [0.25, 0.3) is 5.56 Å². The first kappa shape index (κ1) is 22.0. The summed E-state index contributed by atoms with van der Waals surface area (Å²) in [7, 11) is 3.71. The van der Waals surface area contributed by atoms with Crippen molar-refractivity contribution in [2.75, 3.05) is 25.0 Å². The summed E-state index contributed by atoms with van der Waals surface area (Å²) in [4.78, 5) is 24.8. The minimum absolute atomic E-state index is 0.128. The Morgan fingerprint density at radius 2 is 1.74 bits per heavy atom. The largest absolute Gasteiger partial charge is 0.317 e. The van der Waals surface area contributed by atoms with Gasteiger partial charge in [0.2, 0.25) is 5.95 Å². The molecule has 0 atom stereocenters. The van der Waals surface area contributed by atoms with Crippen LogP contribution in [0.25, 0.3) is 22.5 Å². The van der Waals surface area contributed by atoms with E-state index in [1.54, 1.807) is 30.1 Å². The summed E-state index contributed by atoms with van der Waals surface area (Å²) in [5.74, 6) is 0.190. The molecular formula is C26H27FN6O. The number of nitrogens with one attached hydrogen (secondary N) is 1. The summed E-state index contributed by atoms with van der Waals surface area (Å²) in [6.45, 7) is 1.77. The van der Waals surface area contributed by atoms with Crippen molar-refractivity contribution in [2.24, 2.45) is 7.05 Å². The van der Waals surface area contributed by atoms with Crippen LogP contribution in [0.15, 0.2) is 71.7 Å². The number of piperidine rings is 1. The predicted molar refractivity (Wildman–Crippen MR) is 132 cm³/mol. The van der Waals surface area contributed by atoms with E-state index in [1.807, 2.05) is 48.3 Å². The Balaban J connectivity index is 1.70. The van der Waals surface area contributed by atoms with Crippen molar-refractivity contribution in [1.82, 2.24) is 24.6 Å². The molecule has 2 aromatic carbocycles. The quantitative estimate of drug-likeness (QED) is 0.487. The van der Waals surface area contributed by atoms with Gasteiger partial charge in [0.1, 0.15) is 5.82 Å². The number of rotatable bonds is 5. The molecule has 2 aromatic heterocycles. The second-order valence-corrected chi connectivity index (χ2v) is 8.52. The highest BCUT2D eigenvalue weighted by atomic mass is 19.1.